The van der Waals surface area contributed by atoms with Crippen molar-refractivity contribution in [3.63, 3.8) is 0 Å². The average Bonchev–Trinajstić information content (AvgIpc) is 2.69. The molecule has 1 heterocycles. The van der Waals surface area contributed by atoms with Gasteiger partial charge < -0.3 is 4.90 Å². The Morgan fingerprint density at radius 2 is 2.22 bits per heavy atom. The van der Waals surface area contributed by atoms with Crippen molar-refractivity contribution in [2.24, 2.45) is 5.92 Å². The lowest BCUT2D eigenvalue weighted by molar-refractivity contribution is -0.117. The van der Waals surface area contributed by atoms with E-state index in [0.29, 0.717) is 23.7 Å². The topological polar surface area (TPSA) is 37.4 Å². The molecule has 2 rings (SSSR count). The van der Waals surface area contributed by atoms with Crippen LogP contribution in [0.3, 0.4) is 0 Å². The smallest absolute Gasteiger partial charge is 0.227 e. The summed E-state index contributed by atoms with van der Waals surface area (Å²) in [6, 6.07) is 7.34. The second-order valence-corrected chi connectivity index (χ2v) is 5.93. The van der Waals surface area contributed by atoms with Crippen molar-refractivity contribution in [1.29, 1.82) is 0 Å². The number of nitrogens with zero attached hydrogens (tertiary/aromatic N) is 1. The van der Waals surface area contributed by atoms with E-state index in [2.05, 4.69) is 0 Å². The molecule has 0 N–H and O–H groups in total. The quantitative estimate of drug-likeness (QED) is 0.856. The Morgan fingerprint density at radius 3 is 2.89 bits per heavy atom. The third-order valence-electron chi connectivity index (χ3n) is 2.87. The Labute approximate surface area is 115 Å². The molecule has 1 aliphatic rings. The predicted octanol–water partition coefficient (Wildman–Crippen LogP) is 2.97. The Morgan fingerprint density at radius 1 is 1.50 bits per heavy atom. The Balaban J connectivity index is 2.06. The van der Waals surface area contributed by atoms with Crippen LogP contribution in [0.5, 0.6) is 0 Å². The molecule has 1 aromatic carbocycles. The van der Waals surface area contributed by atoms with E-state index >= 15 is 0 Å². The molecule has 0 aliphatic carbocycles. The van der Waals surface area contributed by atoms with Crippen LogP contribution in [0.1, 0.15) is 13.3 Å². The molecule has 18 heavy (non-hydrogen) atoms. The number of hydrogen-bond acceptors (Lipinski definition) is 3. The SMILES string of the molecule is CC(=O)SCC1CC(=O)N(c2ccccc2Cl)C1. The van der Waals surface area contributed by atoms with Gasteiger partial charge in [0.1, 0.15) is 0 Å². The van der Waals surface area contributed by atoms with Crippen molar-refractivity contribution in [3.8, 4) is 0 Å². The predicted molar refractivity (Wildman–Crippen MR) is 75.1 cm³/mol. The van der Waals surface area contributed by atoms with E-state index in [9.17, 15) is 9.59 Å². The summed E-state index contributed by atoms with van der Waals surface area (Å²) in [5.74, 6) is 1.00. The summed E-state index contributed by atoms with van der Waals surface area (Å²) in [5, 5.41) is 0.685. The van der Waals surface area contributed by atoms with Gasteiger partial charge in [-0.2, -0.15) is 0 Å². The second-order valence-electron chi connectivity index (χ2n) is 4.33. The number of carbonyl (C=O) groups is 2. The van der Waals surface area contributed by atoms with E-state index in [0.717, 1.165) is 5.69 Å². The van der Waals surface area contributed by atoms with Gasteiger partial charge in [-0.3, -0.25) is 9.59 Å². The lowest BCUT2D eigenvalue weighted by Gasteiger charge is -2.17. The first kappa shape index (κ1) is 13.4. The van der Waals surface area contributed by atoms with Gasteiger partial charge in [0.2, 0.25) is 5.91 Å². The molecule has 0 radical (unpaired) electrons. The number of anilines is 1. The molecule has 0 spiro atoms. The van der Waals surface area contributed by atoms with Crippen LogP contribution in [0.4, 0.5) is 5.69 Å². The third-order valence-corrected chi connectivity index (χ3v) is 4.23. The number of carbonyl (C=O) groups excluding carboxylic acids is 2. The minimum Gasteiger partial charge on any atom is -0.311 e. The average molecular weight is 284 g/mol. The monoisotopic (exact) mass is 283 g/mol. The molecule has 1 fully saturated rings. The molecule has 1 saturated heterocycles. The second kappa shape index (κ2) is 5.76. The highest BCUT2D eigenvalue weighted by Gasteiger charge is 2.31. The lowest BCUT2D eigenvalue weighted by Crippen LogP contribution is -2.25. The van der Waals surface area contributed by atoms with E-state index in [4.69, 9.17) is 11.6 Å². The van der Waals surface area contributed by atoms with E-state index in [-0.39, 0.29) is 16.9 Å². The molecule has 0 saturated carbocycles. The van der Waals surface area contributed by atoms with Crippen LogP contribution in [0.2, 0.25) is 5.02 Å². The normalized spacial score (nSPS) is 19.3. The number of amides is 1. The van der Waals surface area contributed by atoms with E-state index in [1.165, 1.54) is 11.8 Å². The van der Waals surface area contributed by atoms with Gasteiger partial charge in [0, 0.05) is 25.6 Å². The number of hydrogen-bond donors (Lipinski definition) is 0. The fraction of sp³-hybridized carbons (Fsp3) is 0.385. The molecule has 1 atom stereocenters. The van der Waals surface area contributed by atoms with Crippen LogP contribution in [-0.4, -0.2) is 23.3 Å². The zero-order chi connectivity index (χ0) is 13.1. The summed E-state index contributed by atoms with van der Waals surface area (Å²) in [7, 11) is 0. The molecule has 1 amide bonds. The third kappa shape index (κ3) is 3.06. The molecular formula is C13H14ClNO2S. The van der Waals surface area contributed by atoms with Gasteiger partial charge in [0.15, 0.2) is 5.12 Å². The fourth-order valence-electron chi connectivity index (χ4n) is 2.03. The molecule has 3 nitrogen and oxygen atoms in total. The fourth-order valence-corrected chi connectivity index (χ4v) is 2.96. The maximum atomic E-state index is 12.0. The van der Waals surface area contributed by atoms with E-state index in [1.807, 2.05) is 18.2 Å². The largest absolute Gasteiger partial charge is 0.311 e. The summed E-state index contributed by atoms with van der Waals surface area (Å²) < 4.78 is 0. The van der Waals surface area contributed by atoms with Crippen LogP contribution in [0.25, 0.3) is 0 Å². The lowest BCUT2D eigenvalue weighted by atomic mass is 10.1. The number of benzene rings is 1. The molecule has 1 aromatic rings. The molecular weight excluding hydrogens is 270 g/mol. The van der Waals surface area contributed by atoms with Crippen molar-refractivity contribution >= 4 is 40.1 Å². The van der Waals surface area contributed by atoms with E-state index in [1.54, 1.807) is 17.9 Å². The molecule has 1 aliphatic heterocycles. The van der Waals surface area contributed by atoms with Crippen LogP contribution >= 0.6 is 23.4 Å². The minimum absolute atomic E-state index is 0.0808. The molecule has 1 unspecified atom stereocenters. The standard InChI is InChI=1S/C13H14ClNO2S/c1-9(16)18-8-10-6-13(17)15(7-10)12-5-3-2-4-11(12)14/h2-5,10H,6-8H2,1H3. The van der Waals surface area contributed by atoms with Crippen LogP contribution in [0, 0.1) is 5.92 Å². The molecule has 5 heteroatoms. The summed E-state index contributed by atoms with van der Waals surface area (Å²) in [6.07, 6.45) is 0.492. The summed E-state index contributed by atoms with van der Waals surface area (Å²) in [4.78, 5) is 24.6. The number of para-hydroxylation sites is 1. The first-order valence-corrected chi connectivity index (χ1v) is 7.12. The van der Waals surface area contributed by atoms with Crippen molar-refractivity contribution < 1.29 is 9.59 Å². The number of rotatable bonds is 3. The van der Waals surface area contributed by atoms with Gasteiger partial charge in [-0.05, 0) is 18.1 Å². The van der Waals surface area contributed by atoms with Gasteiger partial charge in [-0.15, -0.1) is 0 Å². The first-order valence-electron chi connectivity index (χ1n) is 5.76. The van der Waals surface area contributed by atoms with Crippen molar-refractivity contribution in [2.45, 2.75) is 13.3 Å². The highest BCUT2D eigenvalue weighted by Crippen LogP contribution is 2.32. The van der Waals surface area contributed by atoms with Gasteiger partial charge in [-0.25, -0.2) is 0 Å². The maximum Gasteiger partial charge on any atom is 0.227 e. The van der Waals surface area contributed by atoms with Gasteiger partial charge in [0.05, 0.1) is 10.7 Å². The zero-order valence-electron chi connectivity index (χ0n) is 10.1. The highest BCUT2D eigenvalue weighted by molar-refractivity contribution is 8.13. The van der Waals surface area contributed by atoms with Crippen LogP contribution in [0.15, 0.2) is 24.3 Å². The van der Waals surface area contributed by atoms with Crippen LogP contribution in [-0.2, 0) is 9.59 Å². The Kier molecular flexibility index (Phi) is 4.30. The number of thioether (sulfide) groups is 1. The minimum atomic E-state index is 0.0808. The van der Waals surface area contributed by atoms with E-state index < -0.39 is 0 Å². The molecule has 96 valence electrons. The molecule has 0 aromatic heterocycles. The van der Waals surface area contributed by atoms with Gasteiger partial charge in [-0.1, -0.05) is 35.5 Å². The summed E-state index contributed by atoms with van der Waals surface area (Å²) >= 11 is 7.37. The first-order chi connectivity index (χ1) is 8.58. The highest BCUT2D eigenvalue weighted by atomic mass is 35.5. The molecule has 0 bridgehead atoms. The van der Waals surface area contributed by atoms with Gasteiger partial charge in [0.25, 0.3) is 0 Å². The van der Waals surface area contributed by atoms with Crippen molar-refractivity contribution in [1.82, 2.24) is 0 Å². The Bertz CT molecular complexity index is 478. The number of halogens is 1. The maximum absolute atomic E-state index is 12.0. The van der Waals surface area contributed by atoms with Gasteiger partial charge >= 0.3 is 0 Å². The Hall–Kier alpha value is -1.00. The summed E-state index contributed by atoms with van der Waals surface area (Å²) in [5.41, 5.74) is 0.763. The van der Waals surface area contributed by atoms with Crippen molar-refractivity contribution in [3.05, 3.63) is 29.3 Å². The van der Waals surface area contributed by atoms with Crippen LogP contribution < -0.4 is 4.90 Å². The van der Waals surface area contributed by atoms with Crippen molar-refractivity contribution in [2.75, 3.05) is 17.2 Å². The zero-order valence-corrected chi connectivity index (χ0v) is 11.6. The summed E-state index contributed by atoms with van der Waals surface area (Å²) in [6.45, 7) is 2.19.